The molecule has 0 spiro atoms. The van der Waals surface area contributed by atoms with Crippen LogP contribution in [0.2, 0.25) is 0 Å². The average molecular weight is 440 g/mol. The number of nitrogens with one attached hydrogen (secondary N) is 1. The minimum atomic E-state index is -4.49. The van der Waals surface area contributed by atoms with E-state index in [4.69, 9.17) is 4.74 Å². The van der Waals surface area contributed by atoms with E-state index in [2.05, 4.69) is 5.32 Å². The molecule has 6 nitrogen and oxygen atoms in total. The molecule has 2 amide bonds. The standard InChI is InChI=1S/C22H27F3N2O4/c1-4-6-11-26-18(28)13-27-14(3)20(21(30)31-5-2)17(12-19(27)29)15-7-9-16(10-8-15)22(23,24)25/h7-10,17H,4-6,11-13H2,1-3H3,(H,26,28). The number of rotatable bonds is 8. The summed E-state index contributed by atoms with van der Waals surface area (Å²) in [5.41, 5.74) is 0.0192. The fourth-order valence-electron chi connectivity index (χ4n) is 3.47. The summed E-state index contributed by atoms with van der Waals surface area (Å²) in [6, 6.07) is 4.37. The third-order valence-electron chi connectivity index (χ3n) is 5.11. The molecule has 1 aromatic rings. The first-order valence-corrected chi connectivity index (χ1v) is 10.2. The summed E-state index contributed by atoms with van der Waals surface area (Å²) in [6.45, 7) is 5.50. The summed E-state index contributed by atoms with van der Waals surface area (Å²) < 4.78 is 43.8. The molecule has 1 N–H and O–H groups in total. The number of carbonyl (C=O) groups excluding carboxylic acids is 3. The number of hydrogen-bond acceptors (Lipinski definition) is 4. The van der Waals surface area contributed by atoms with E-state index < -0.39 is 23.6 Å². The number of unbranched alkanes of at least 4 members (excludes halogenated alkanes) is 1. The van der Waals surface area contributed by atoms with Gasteiger partial charge in [0.25, 0.3) is 0 Å². The van der Waals surface area contributed by atoms with Crippen molar-refractivity contribution >= 4 is 17.8 Å². The number of alkyl halides is 3. The first kappa shape index (κ1) is 24.4. The van der Waals surface area contributed by atoms with E-state index in [1.807, 2.05) is 6.92 Å². The fraction of sp³-hybridized carbons (Fsp3) is 0.500. The normalized spacial score (nSPS) is 17.0. The van der Waals surface area contributed by atoms with E-state index in [0.29, 0.717) is 12.1 Å². The first-order valence-electron chi connectivity index (χ1n) is 10.2. The second-order valence-corrected chi connectivity index (χ2v) is 7.28. The van der Waals surface area contributed by atoms with Crippen molar-refractivity contribution in [2.75, 3.05) is 19.7 Å². The van der Waals surface area contributed by atoms with E-state index >= 15 is 0 Å². The van der Waals surface area contributed by atoms with Gasteiger partial charge in [-0.3, -0.25) is 9.59 Å². The van der Waals surface area contributed by atoms with Crippen LogP contribution in [-0.2, 0) is 25.3 Å². The Balaban J connectivity index is 2.37. The van der Waals surface area contributed by atoms with Crippen molar-refractivity contribution in [1.29, 1.82) is 0 Å². The Hall–Kier alpha value is -2.84. The highest BCUT2D eigenvalue weighted by Crippen LogP contribution is 2.38. The molecule has 170 valence electrons. The summed E-state index contributed by atoms with van der Waals surface area (Å²) in [7, 11) is 0. The van der Waals surface area contributed by atoms with Gasteiger partial charge in [-0.1, -0.05) is 25.5 Å². The van der Waals surface area contributed by atoms with Gasteiger partial charge in [-0.05, 0) is 38.0 Å². The largest absolute Gasteiger partial charge is 0.463 e. The number of ether oxygens (including phenoxy) is 1. The zero-order valence-corrected chi connectivity index (χ0v) is 17.8. The minimum absolute atomic E-state index is 0.0980. The summed E-state index contributed by atoms with van der Waals surface area (Å²) in [5.74, 6) is -2.15. The zero-order chi connectivity index (χ0) is 23.2. The SMILES string of the molecule is CCCCNC(=O)CN1C(=O)CC(c2ccc(C(F)(F)F)cc2)C(C(=O)OCC)=C1C. The van der Waals surface area contributed by atoms with Crippen molar-refractivity contribution in [3.63, 3.8) is 0 Å². The molecular weight excluding hydrogens is 413 g/mol. The van der Waals surface area contributed by atoms with Crippen LogP contribution in [0.3, 0.4) is 0 Å². The lowest BCUT2D eigenvalue weighted by molar-refractivity contribution is -0.141. The predicted octanol–water partition coefficient (Wildman–Crippen LogP) is 3.77. The second kappa shape index (κ2) is 10.5. The minimum Gasteiger partial charge on any atom is -0.463 e. The Morgan fingerprint density at radius 1 is 1.19 bits per heavy atom. The molecule has 1 aliphatic heterocycles. The van der Waals surface area contributed by atoms with E-state index in [1.54, 1.807) is 13.8 Å². The molecule has 0 radical (unpaired) electrons. The molecule has 1 atom stereocenters. The van der Waals surface area contributed by atoms with E-state index in [-0.39, 0.29) is 42.7 Å². The molecule has 1 heterocycles. The van der Waals surface area contributed by atoms with Crippen molar-refractivity contribution in [3.8, 4) is 0 Å². The number of amides is 2. The molecule has 1 unspecified atom stereocenters. The maximum absolute atomic E-state index is 12.9. The van der Waals surface area contributed by atoms with Crippen molar-refractivity contribution in [2.24, 2.45) is 0 Å². The predicted molar refractivity (Wildman–Crippen MR) is 108 cm³/mol. The maximum atomic E-state index is 12.9. The van der Waals surface area contributed by atoms with Crippen molar-refractivity contribution in [1.82, 2.24) is 10.2 Å². The monoisotopic (exact) mass is 440 g/mol. The third-order valence-corrected chi connectivity index (χ3v) is 5.11. The van der Waals surface area contributed by atoms with Gasteiger partial charge < -0.3 is 15.0 Å². The number of carbonyl (C=O) groups is 3. The maximum Gasteiger partial charge on any atom is 0.416 e. The van der Waals surface area contributed by atoms with Gasteiger partial charge in [0.2, 0.25) is 11.8 Å². The number of esters is 1. The van der Waals surface area contributed by atoms with E-state index in [1.165, 1.54) is 17.0 Å². The molecule has 9 heteroatoms. The highest BCUT2D eigenvalue weighted by Gasteiger charge is 2.38. The number of allylic oxidation sites excluding steroid dienone is 1. The number of hydrogen-bond donors (Lipinski definition) is 1. The second-order valence-electron chi connectivity index (χ2n) is 7.28. The number of nitrogens with zero attached hydrogens (tertiary/aromatic N) is 1. The Kier molecular flexibility index (Phi) is 8.24. The smallest absolute Gasteiger partial charge is 0.416 e. The highest BCUT2D eigenvalue weighted by molar-refractivity contribution is 5.97. The molecule has 1 aliphatic rings. The van der Waals surface area contributed by atoms with Gasteiger partial charge in [-0.25, -0.2) is 4.79 Å². The average Bonchev–Trinajstić information content (AvgIpc) is 2.70. The van der Waals surface area contributed by atoms with E-state index in [0.717, 1.165) is 25.0 Å². The van der Waals surface area contributed by atoms with Gasteiger partial charge >= 0.3 is 12.1 Å². The Bertz CT molecular complexity index is 847. The van der Waals surface area contributed by atoms with Crippen LogP contribution in [0.1, 0.15) is 57.1 Å². The van der Waals surface area contributed by atoms with Gasteiger partial charge in [-0.2, -0.15) is 13.2 Å². The molecule has 0 aliphatic carbocycles. The van der Waals surface area contributed by atoms with Crippen molar-refractivity contribution in [2.45, 2.75) is 52.1 Å². The Labute approximate surface area is 179 Å². The molecular formula is C22H27F3N2O4. The van der Waals surface area contributed by atoms with Gasteiger partial charge in [0.05, 0.1) is 17.7 Å². The van der Waals surface area contributed by atoms with Crippen LogP contribution < -0.4 is 5.32 Å². The summed E-state index contributed by atoms with van der Waals surface area (Å²) in [4.78, 5) is 38.9. The summed E-state index contributed by atoms with van der Waals surface area (Å²) >= 11 is 0. The van der Waals surface area contributed by atoms with Gasteiger partial charge in [0.1, 0.15) is 6.54 Å². The van der Waals surface area contributed by atoms with Gasteiger partial charge in [-0.15, -0.1) is 0 Å². The molecule has 0 bridgehead atoms. The Morgan fingerprint density at radius 2 is 1.84 bits per heavy atom. The molecule has 0 saturated carbocycles. The lowest BCUT2D eigenvalue weighted by Gasteiger charge is -2.34. The topological polar surface area (TPSA) is 75.7 Å². The van der Waals surface area contributed by atoms with Crippen molar-refractivity contribution < 1.29 is 32.3 Å². The van der Waals surface area contributed by atoms with Crippen LogP contribution in [0.5, 0.6) is 0 Å². The molecule has 31 heavy (non-hydrogen) atoms. The summed E-state index contributed by atoms with van der Waals surface area (Å²) in [5, 5.41) is 2.73. The molecule has 1 aromatic carbocycles. The van der Waals surface area contributed by atoms with Crippen LogP contribution >= 0.6 is 0 Å². The highest BCUT2D eigenvalue weighted by atomic mass is 19.4. The molecule has 0 aromatic heterocycles. The van der Waals surface area contributed by atoms with E-state index in [9.17, 15) is 27.6 Å². The zero-order valence-electron chi connectivity index (χ0n) is 17.8. The molecule has 2 rings (SSSR count). The van der Waals surface area contributed by atoms with Gasteiger partial charge in [0.15, 0.2) is 0 Å². The lowest BCUT2D eigenvalue weighted by atomic mass is 9.83. The van der Waals surface area contributed by atoms with Crippen LogP contribution in [0.4, 0.5) is 13.2 Å². The van der Waals surface area contributed by atoms with Gasteiger partial charge in [0, 0.05) is 24.6 Å². The van der Waals surface area contributed by atoms with Crippen molar-refractivity contribution in [3.05, 3.63) is 46.7 Å². The van der Waals surface area contributed by atoms with Crippen LogP contribution in [0, 0.1) is 0 Å². The fourth-order valence-corrected chi connectivity index (χ4v) is 3.47. The third kappa shape index (κ3) is 6.08. The van der Waals surface area contributed by atoms with Crippen LogP contribution in [0.25, 0.3) is 0 Å². The number of benzene rings is 1. The lowest BCUT2D eigenvalue weighted by Crippen LogP contribution is -2.44. The quantitative estimate of drug-likeness (QED) is 0.493. The Morgan fingerprint density at radius 3 is 2.39 bits per heavy atom. The summed E-state index contributed by atoms with van der Waals surface area (Å²) in [6.07, 6.45) is -2.93. The van der Waals surface area contributed by atoms with Crippen LogP contribution in [-0.4, -0.2) is 42.4 Å². The van der Waals surface area contributed by atoms with Crippen LogP contribution in [0.15, 0.2) is 35.5 Å². The first-order chi connectivity index (χ1) is 14.6. The molecule has 0 fully saturated rings. The molecule has 0 saturated heterocycles. The number of halogens is 3.